The van der Waals surface area contributed by atoms with Gasteiger partial charge in [0.2, 0.25) is 0 Å². The van der Waals surface area contributed by atoms with E-state index in [2.05, 4.69) is 27.0 Å². The molecule has 2 heteroatoms. The predicted molar refractivity (Wildman–Crippen MR) is 93.6 cm³/mol. The maximum Gasteiger partial charge on any atom is 0.159 e. The van der Waals surface area contributed by atoms with Crippen LogP contribution in [-0.4, -0.2) is 7.38 Å². The third-order valence-electron chi connectivity index (χ3n) is 4.04. The van der Waals surface area contributed by atoms with Gasteiger partial charge in [0.05, 0.1) is 0 Å². The van der Waals surface area contributed by atoms with E-state index in [1.807, 2.05) is 12.2 Å². The maximum atomic E-state index is 6.99. The molecule has 0 amide bonds. The summed E-state index contributed by atoms with van der Waals surface area (Å²) in [5, 5.41) is 0. The zero-order chi connectivity index (χ0) is 14.6. The fourth-order valence-corrected chi connectivity index (χ4v) is 6.35. The minimum Gasteiger partial charge on any atom is -0.167 e. The average Bonchev–Trinajstić information content (AvgIpc) is 2.38. The highest BCUT2D eigenvalue weighted by atomic mass is 35.6. The summed E-state index contributed by atoms with van der Waals surface area (Å²) in [4.78, 5) is 0. The Labute approximate surface area is 127 Å². The Hall–Kier alpha value is -0.0131. The van der Waals surface area contributed by atoms with Crippen LogP contribution in [0.5, 0.6) is 0 Å². The molecule has 0 bridgehead atoms. The van der Waals surface area contributed by atoms with Gasteiger partial charge in [0.1, 0.15) is 0 Å². The van der Waals surface area contributed by atoms with Gasteiger partial charge < -0.3 is 0 Å². The Bertz CT molecular complexity index is 237. The minimum atomic E-state index is -1.53. The van der Waals surface area contributed by atoms with E-state index in [9.17, 15) is 0 Å². The molecule has 0 aromatic heterocycles. The van der Waals surface area contributed by atoms with Crippen molar-refractivity contribution in [3.8, 4) is 0 Å². The van der Waals surface area contributed by atoms with E-state index in [0.717, 1.165) is 12.8 Å². The molecule has 0 aromatic carbocycles. The summed E-state index contributed by atoms with van der Waals surface area (Å²) in [5.74, 6) is 0. The molecule has 0 aliphatic carbocycles. The number of unbranched alkanes of at least 4 members (excludes halogenated alkanes) is 6. The van der Waals surface area contributed by atoms with E-state index in [1.54, 1.807) is 0 Å². The molecule has 0 N–H and O–H groups in total. The summed E-state index contributed by atoms with van der Waals surface area (Å²) >= 11 is 6.99. The fourth-order valence-electron chi connectivity index (χ4n) is 2.47. The highest BCUT2D eigenvalue weighted by Gasteiger charge is 2.33. The lowest BCUT2D eigenvalue weighted by Crippen LogP contribution is -2.30. The van der Waals surface area contributed by atoms with Crippen LogP contribution >= 0.6 is 11.1 Å². The molecule has 112 valence electrons. The monoisotopic (exact) mass is 300 g/mol. The normalized spacial score (nSPS) is 14.3. The first-order valence-corrected chi connectivity index (χ1v) is 11.5. The summed E-state index contributed by atoms with van der Waals surface area (Å²) < 4.78 is 0. The van der Waals surface area contributed by atoms with E-state index in [1.165, 1.54) is 50.6 Å². The van der Waals surface area contributed by atoms with Gasteiger partial charge in [-0.25, -0.2) is 0 Å². The minimum absolute atomic E-state index is 0.700. The van der Waals surface area contributed by atoms with Crippen molar-refractivity contribution in [2.45, 2.75) is 82.8 Å². The second kappa shape index (κ2) is 11.8. The summed E-state index contributed by atoms with van der Waals surface area (Å²) in [6, 6.07) is 2.58. The van der Waals surface area contributed by atoms with Gasteiger partial charge in [-0.2, -0.15) is 11.1 Å². The molecule has 1 unspecified atom stereocenters. The SMILES string of the molecule is C=CCCCCCC[Si](Cl)(CCCCC=C)C(C)C. The molecule has 1 atom stereocenters. The second-order valence-corrected chi connectivity index (χ2v) is 12.4. The van der Waals surface area contributed by atoms with E-state index < -0.39 is 7.38 Å². The van der Waals surface area contributed by atoms with Crippen LogP contribution < -0.4 is 0 Å². The second-order valence-electron chi connectivity index (χ2n) is 5.97. The van der Waals surface area contributed by atoms with Gasteiger partial charge in [0.15, 0.2) is 7.38 Å². The average molecular weight is 301 g/mol. The summed E-state index contributed by atoms with van der Waals surface area (Å²) in [5.41, 5.74) is 0.700. The standard InChI is InChI=1S/C17H33ClSi/c1-5-7-9-11-12-14-16-19(18,17(3)4)15-13-10-8-6-2/h5-6,17H,1-2,7-16H2,3-4H3. The first-order valence-electron chi connectivity index (χ1n) is 7.97. The molecule has 0 aromatic rings. The van der Waals surface area contributed by atoms with Crippen LogP contribution in [0.3, 0.4) is 0 Å². The van der Waals surface area contributed by atoms with Crippen LogP contribution in [0.25, 0.3) is 0 Å². The van der Waals surface area contributed by atoms with Crippen molar-refractivity contribution in [3.05, 3.63) is 25.3 Å². The van der Waals surface area contributed by atoms with Gasteiger partial charge >= 0.3 is 0 Å². The molecule has 0 aliphatic heterocycles. The Morgan fingerprint density at radius 1 is 0.842 bits per heavy atom. The lowest BCUT2D eigenvalue weighted by molar-refractivity contribution is 0.667. The number of rotatable bonds is 13. The van der Waals surface area contributed by atoms with Crippen LogP contribution in [0.1, 0.15) is 65.2 Å². The molecular formula is C17H33ClSi. The molecule has 0 fully saturated rings. The molecule has 0 radical (unpaired) electrons. The highest BCUT2D eigenvalue weighted by Crippen LogP contribution is 2.36. The third kappa shape index (κ3) is 9.51. The molecule has 19 heavy (non-hydrogen) atoms. The van der Waals surface area contributed by atoms with Crippen molar-refractivity contribution < 1.29 is 0 Å². The van der Waals surface area contributed by atoms with Gasteiger partial charge in [0, 0.05) is 0 Å². The summed E-state index contributed by atoms with van der Waals surface area (Å²) in [6.45, 7) is 12.2. The largest absolute Gasteiger partial charge is 0.167 e. The Kier molecular flexibility index (Phi) is 11.8. The highest BCUT2D eigenvalue weighted by molar-refractivity contribution is 7.21. The van der Waals surface area contributed by atoms with Gasteiger partial charge in [-0.1, -0.05) is 58.1 Å². The molecule has 0 saturated heterocycles. The van der Waals surface area contributed by atoms with Crippen LogP contribution in [0.2, 0.25) is 17.6 Å². The first-order chi connectivity index (χ1) is 9.06. The molecule has 0 spiro atoms. The molecule has 0 heterocycles. The molecule has 0 nitrogen and oxygen atoms in total. The first kappa shape index (κ1) is 19.0. The Morgan fingerprint density at radius 3 is 1.74 bits per heavy atom. The van der Waals surface area contributed by atoms with Gasteiger partial charge in [-0.15, -0.1) is 13.2 Å². The van der Waals surface area contributed by atoms with Crippen molar-refractivity contribution in [1.29, 1.82) is 0 Å². The zero-order valence-electron chi connectivity index (χ0n) is 13.1. The number of hydrogen-bond acceptors (Lipinski definition) is 0. The number of allylic oxidation sites excluding steroid dienone is 2. The maximum absolute atomic E-state index is 6.99. The zero-order valence-corrected chi connectivity index (χ0v) is 14.9. The number of halogens is 1. The van der Waals surface area contributed by atoms with E-state index in [4.69, 9.17) is 11.1 Å². The van der Waals surface area contributed by atoms with Crippen LogP contribution in [-0.2, 0) is 0 Å². The predicted octanol–water partition coefficient (Wildman–Crippen LogP) is 7.07. The van der Waals surface area contributed by atoms with Crippen LogP contribution in [0, 0.1) is 0 Å². The van der Waals surface area contributed by atoms with Crippen LogP contribution in [0.15, 0.2) is 25.3 Å². The molecular weight excluding hydrogens is 268 g/mol. The smallest absolute Gasteiger partial charge is 0.159 e. The van der Waals surface area contributed by atoms with Crippen molar-refractivity contribution in [1.82, 2.24) is 0 Å². The molecule has 0 saturated carbocycles. The molecule has 0 rings (SSSR count). The van der Waals surface area contributed by atoms with Gasteiger partial charge in [-0.3, -0.25) is 0 Å². The van der Waals surface area contributed by atoms with Gasteiger partial charge in [-0.05, 0) is 36.9 Å². The summed E-state index contributed by atoms with van der Waals surface area (Å²) in [7, 11) is -1.53. The Morgan fingerprint density at radius 2 is 1.26 bits per heavy atom. The number of hydrogen-bond donors (Lipinski definition) is 0. The van der Waals surface area contributed by atoms with Crippen molar-refractivity contribution >= 4 is 18.5 Å². The van der Waals surface area contributed by atoms with Crippen molar-refractivity contribution in [2.75, 3.05) is 0 Å². The van der Waals surface area contributed by atoms with E-state index in [0.29, 0.717) is 5.54 Å². The lowest BCUT2D eigenvalue weighted by atomic mass is 10.1. The topological polar surface area (TPSA) is 0 Å². The van der Waals surface area contributed by atoms with Gasteiger partial charge in [0.25, 0.3) is 0 Å². The third-order valence-corrected chi connectivity index (χ3v) is 10.9. The molecule has 0 aliphatic rings. The van der Waals surface area contributed by atoms with Crippen LogP contribution in [0.4, 0.5) is 0 Å². The quantitative estimate of drug-likeness (QED) is 0.148. The Balaban J connectivity index is 3.87. The lowest BCUT2D eigenvalue weighted by Gasteiger charge is -2.28. The fraction of sp³-hybridized carbons (Fsp3) is 0.765. The van der Waals surface area contributed by atoms with E-state index >= 15 is 0 Å². The van der Waals surface area contributed by atoms with Crippen molar-refractivity contribution in [2.24, 2.45) is 0 Å². The van der Waals surface area contributed by atoms with E-state index in [-0.39, 0.29) is 0 Å². The van der Waals surface area contributed by atoms with Crippen molar-refractivity contribution in [3.63, 3.8) is 0 Å². The summed E-state index contributed by atoms with van der Waals surface area (Å²) in [6.07, 6.45) is 14.2.